The molecule has 1 amide bonds. The highest BCUT2D eigenvalue weighted by Gasteiger charge is 2.12. The largest absolute Gasteiger partial charge is 0.372 e. The Labute approximate surface area is 166 Å². The Bertz CT molecular complexity index is 903. The summed E-state index contributed by atoms with van der Waals surface area (Å²) in [5.74, 6) is -0.141. The van der Waals surface area contributed by atoms with Crippen molar-refractivity contribution in [1.82, 2.24) is 10.1 Å². The van der Waals surface area contributed by atoms with Gasteiger partial charge in [0.25, 0.3) is 10.0 Å². The van der Waals surface area contributed by atoms with Crippen LogP contribution in [-0.2, 0) is 21.4 Å². The number of nitrogens with one attached hydrogen (secondary N) is 2. The van der Waals surface area contributed by atoms with Gasteiger partial charge < -0.3 is 10.2 Å². The second kappa shape index (κ2) is 9.89. The SMILES string of the molecule is CCN(CC)c1ccc(/C=N/NS(=O)(=O)c2ccc(CNC(C)=O)cc2)cc1. The van der Waals surface area contributed by atoms with E-state index in [9.17, 15) is 13.2 Å². The van der Waals surface area contributed by atoms with Crippen molar-refractivity contribution in [3.63, 3.8) is 0 Å². The number of amides is 1. The lowest BCUT2D eigenvalue weighted by Gasteiger charge is -2.20. The maximum Gasteiger partial charge on any atom is 0.276 e. The Morgan fingerprint density at radius 3 is 2.18 bits per heavy atom. The zero-order chi connectivity index (χ0) is 20.6. The van der Waals surface area contributed by atoms with Crippen LogP contribution in [0.5, 0.6) is 0 Å². The van der Waals surface area contributed by atoms with Crippen LogP contribution in [0.1, 0.15) is 31.9 Å². The van der Waals surface area contributed by atoms with Gasteiger partial charge >= 0.3 is 0 Å². The molecule has 0 aromatic heterocycles. The molecule has 0 aliphatic heterocycles. The Kier molecular flexibility index (Phi) is 7.57. The van der Waals surface area contributed by atoms with E-state index in [1.54, 1.807) is 12.1 Å². The second-order valence-electron chi connectivity index (χ2n) is 6.17. The number of hydrazone groups is 1. The highest BCUT2D eigenvalue weighted by Crippen LogP contribution is 2.14. The Morgan fingerprint density at radius 2 is 1.64 bits per heavy atom. The van der Waals surface area contributed by atoms with Crippen LogP contribution in [-0.4, -0.2) is 33.6 Å². The van der Waals surface area contributed by atoms with Gasteiger partial charge in [-0.05, 0) is 49.2 Å². The Morgan fingerprint density at radius 1 is 1.04 bits per heavy atom. The fourth-order valence-corrected chi connectivity index (χ4v) is 3.39. The van der Waals surface area contributed by atoms with E-state index in [0.717, 1.165) is 29.9 Å². The van der Waals surface area contributed by atoms with E-state index in [-0.39, 0.29) is 10.8 Å². The third kappa shape index (κ3) is 6.09. The van der Waals surface area contributed by atoms with Crippen LogP contribution in [0.4, 0.5) is 5.69 Å². The summed E-state index contributed by atoms with van der Waals surface area (Å²) in [6, 6.07) is 14.0. The lowest BCUT2D eigenvalue weighted by molar-refractivity contribution is -0.119. The number of anilines is 1. The van der Waals surface area contributed by atoms with Crippen molar-refractivity contribution in [1.29, 1.82) is 0 Å². The maximum absolute atomic E-state index is 12.3. The van der Waals surface area contributed by atoms with E-state index in [4.69, 9.17) is 0 Å². The summed E-state index contributed by atoms with van der Waals surface area (Å²) in [7, 11) is -3.75. The van der Waals surface area contributed by atoms with Crippen LogP contribution in [0.3, 0.4) is 0 Å². The van der Waals surface area contributed by atoms with Gasteiger partial charge in [-0.2, -0.15) is 13.5 Å². The molecule has 0 radical (unpaired) electrons. The molecule has 2 N–H and O–H groups in total. The molecule has 0 bridgehead atoms. The number of nitrogens with zero attached hydrogens (tertiary/aromatic N) is 2. The highest BCUT2D eigenvalue weighted by molar-refractivity contribution is 7.89. The van der Waals surface area contributed by atoms with Crippen LogP contribution in [0, 0.1) is 0 Å². The van der Waals surface area contributed by atoms with Crippen LogP contribution < -0.4 is 15.0 Å². The van der Waals surface area contributed by atoms with Gasteiger partial charge in [0.15, 0.2) is 0 Å². The molecule has 0 spiro atoms. The lowest BCUT2D eigenvalue weighted by atomic mass is 10.2. The Balaban J connectivity index is 1.99. The number of benzene rings is 2. The normalized spacial score (nSPS) is 11.4. The van der Waals surface area contributed by atoms with Gasteiger partial charge in [-0.15, -0.1) is 0 Å². The topological polar surface area (TPSA) is 90.9 Å². The van der Waals surface area contributed by atoms with Crippen LogP contribution in [0.2, 0.25) is 0 Å². The van der Waals surface area contributed by atoms with Crippen molar-refractivity contribution >= 4 is 27.8 Å². The molecule has 8 heteroatoms. The monoisotopic (exact) mass is 402 g/mol. The van der Waals surface area contributed by atoms with Crippen molar-refractivity contribution in [2.24, 2.45) is 5.10 Å². The van der Waals surface area contributed by atoms with Gasteiger partial charge in [-0.3, -0.25) is 4.79 Å². The minimum atomic E-state index is -3.75. The molecule has 0 saturated heterocycles. The third-order valence-electron chi connectivity index (χ3n) is 4.18. The van der Waals surface area contributed by atoms with E-state index >= 15 is 0 Å². The standard InChI is InChI=1S/C20H26N4O3S/c1-4-24(5-2)19-10-6-18(7-11-19)15-22-23-28(26,27)20-12-8-17(9-13-20)14-21-16(3)25/h6-13,15,23H,4-5,14H2,1-3H3,(H,21,25)/b22-15+. The average Bonchev–Trinajstić information content (AvgIpc) is 2.68. The molecular formula is C20H26N4O3S. The molecule has 0 aliphatic carbocycles. The summed E-state index contributed by atoms with van der Waals surface area (Å²) in [6.45, 7) is 7.82. The lowest BCUT2D eigenvalue weighted by Crippen LogP contribution is -2.21. The highest BCUT2D eigenvalue weighted by atomic mass is 32.2. The first-order valence-corrected chi connectivity index (χ1v) is 10.6. The molecule has 0 atom stereocenters. The van der Waals surface area contributed by atoms with Crippen molar-refractivity contribution < 1.29 is 13.2 Å². The van der Waals surface area contributed by atoms with Gasteiger partial charge in [0.1, 0.15) is 0 Å². The molecule has 0 saturated carbocycles. The zero-order valence-electron chi connectivity index (χ0n) is 16.3. The maximum atomic E-state index is 12.3. The summed E-state index contributed by atoms with van der Waals surface area (Å²) < 4.78 is 24.6. The third-order valence-corrected chi connectivity index (χ3v) is 5.42. The van der Waals surface area contributed by atoms with E-state index < -0.39 is 10.0 Å². The smallest absolute Gasteiger partial charge is 0.276 e. The van der Waals surface area contributed by atoms with Crippen molar-refractivity contribution in [2.75, 3.05) is 18.0 Å². The average molecular weight is 403 g/mol. The van der Waals surface area contributed by atoms with E-state index in [2.05, 4.69) is 34.0 Å². The van der Waals surface area contributed by atoms with Crippen LogP contribution in [0.25, 0.3) is 0 Å². The minimum Gasteiger partial charge on any atom is -0.372 e. The minimum absolute atomic E-state index is 0.105. The van der Waals surface area contributed by atoms with Crippen molar-refractivity contribution in [3.05, 3.63) is 59.7 Å². The molecular weight excluding hydrogens is 376 g/mol. The van der Waals surface area contributed by atoms with Crippen LogP contribution >= 0.6 is 0 Å². The summed E-state index contributed by atoms with van der Waals surface area (Å²) in [6.07, 6.45) is 1.47. The quantitative estimate of drug-likeness (QED) is 0.498. The summed E-state index contributed by atoms with van der Waals surface area (Å²) in [4.78, 5) is 15.5. The molecule has 7 nitrogen and oxygen atoms in total. The Hall–Kier alpha value is -2.87. The fourth-order valence-electron chi connectivity index (χ4n) is 2.60. The molecule has 2 rings (SSSR count). The first-order chi connectivity index (χ1) is 13.4. The van der Waals surface area contributed by atoms with Gasteiger partial charge in [0.05, 0.1) is 11.1 Å². The second-order valence-corrected chi connectivity index (χ2v) is 7.83. The zero-order valence-corrected chi connectivity index (χ0v) is 17.2. The summed E-state index contributed by atoms with van der Waals surface area (Å²) >= 11 is 0. The predicted molar refractivity (Wildman–Crippen MR) is 112 cm³/mol. The van der Waals surface area contributed by atoms with Gasteiger partial charge in [-0.25, -0.2) is 4.83 Å². The molecule has 2 aromatic rings. The first-order valence-electron chi connectivity index (χ1n) is 9.09. The molecule has 0 unspecified atom stereocenters. The number of carbonyl (C=O) groups excluding carboxylic acids is 1. The van der Waals surface area contributed by atoms with Gasteiger partial charge in [-0.1, -0.05) is 24.3 Å². The molecule has 0 aliphatic rings. The first kappa shape index (κ1) is 21.4. The number of rotatable bonds is 9. The molecule has 150 valence electrons. The molecule has 0 heterocycles. The molecule has 2 aromatic carbocycles. The number of carbonyl (C=O) groups is 1. The van der Waals surface area contributed by atoms with Crippen LogP contribution in [0.15, 0.2) is 58.5 Å². The number of sulfonamides is 1. The fraction of sp³-hybridized carbons (Fsp3) is 0.300. The molecule has 0 fully saturated rings. The molecule has 28 heavy (non-hydrogen) atoms. The summed E-state index contributed by atoms with van der Waals surface area (Å²) in [5, 5.41) is 6.51. The van der Waals surface area contributed by atoms with Crippen molar-refractivity contribution in [2.45, 2.75) is 32.2 Å². The van der Waals surface area contributed by atoms with E-state index in [1.165, 1.54) is 25.3 Å². The van der Waals surface area contributed by atoms with Crippen molar-refractivity contribution in [3.8, 4) is 0 Å². The van der Waals surface area contributed by atoms with Gasteiger partial charge in [0.2, 0.25) is 5.91 Å². The number of hydrogen-bond acceptors (Lipinski definition) is 5. The van der Waals surface area contributed by atoms with Gasteiger partial charge in [0, 0.05) is 32.2 Å². The van der Waals surface area contributed by atoms with E-state index in [0.29, 0.717) is 6.54 Å². The number of hydrogen-bond donors (Lipinski definition) is 2. The summed E-state index contributed by atoms with van der Waals surface area (Å²) in [5.41, 5.74) is 2.72. The van der Waals surface area contributed by atoms with E-state index in [1.807, 2.05) is 24.3 Å². The predicted octanol–water partition coefficient (Wildman–Crippen LogP) is 2.48.